The highest BCUT2D eigenvalue weighted by Crippen LogP contribution is 2.36. The van der Waals surface area contributed by atoms with Crippen LogP contribution in [0.3, 0.4) is 0 Å². The third kappa shape index (κ3) is 1.62. The van der Waals surface area contributed by atoms with Gasteiger partial charge >= 0.3 is 0 Å². The van der Waals surface area contributed by atoms with Crippen LogP contribution in [0.4, 0.5) is 8.78 Å². The summed E-state index contributed by atoms with van der Waals surface area (Å²) in [4.78, 5) is 3.42. The molecule has 0 bridgehead atoms. The zero-order chi connectivity index (χ0) is 10.1. The number of pyridine rings is 1. The second kappa shape index (κ2) is 3.61. The number of hydrogen-bond donors (Lipinski definition) is 1. The molecule has 1 fully saturated rings. The minimum Gasteiger partial charge on any atom is -0.393 e. The summed E-state index contributed by atoms with van der Waals surface area (Å²) in [7, 11) is 0. The predicted molar refractivity (Wildman–Crippen MR) is 46.8 cm³/mol. The van der Waals surface area contributed by atoms with E-state index in [1.54, 1.807) is 0 Å². The fourth-order valence-corrected chi connectivity index (χ4v) is 2.03. The van der Waals surface area contributed by atoms with Gasteiger partial charge in [0.25, 0.3) is 0 Å². The molecule has 76 valence electrons. The molecule has 1 aliphatic rings. The molecule has 2 atom stereocenters. The van der Waals surface area contributed by atoms with Crippen LogP contribution < -0.4 is 0 Å². The van der Waals surface area contributed by atoms with Crippen LogP contribution >= 0.6 is 0 Å². The Morgan fingerprint density at radius 3 is 2.36 bits per heavy atom. The maximum atomic E-state index is 13.2. The standard InChI is InChI=1S/C10H11F2NO/c11-8-4-13-5-9(12)10(8)6-1-2-7(14)3-6/h4-7,14H,1-3H2. The maximum Gasteiger partial charge on any atom is 0.147 e. The third-order valence-corrected chi connectivity index (χ3v) is 2.70. The number of hydrogen-bond acceptors (Lipinski definition) is 2. The lowest BCUT2D eigenvalue weighted by Crippen LogP contribution is -2.04. The monoisotopic (exact) mass is 199 g/mol. The zero-order valence-corrected chi connectivity index (χ0v) is 7.58. The quantitative estimate of drug-likeness (QED) is 0.750. The van der Waals surface area contributed by atoms with Gasteiger partial charge in [-0.3, -0.25) is 4.98 Å². The average Bonchev–Trinajstić information content (AvgIpc) is 2.51. The Kier molecular flexibility index (Phi) is 2.46. The van der Waals surface area contributed by atoms with Crippen LogP contribution in [0, 0.1) is 11.6 Å². The first-order valence-corrected chi connectivity index (χ1v) is 4.65. The van der Waals surface area contributed by atoms with E-state index in [0.717, 1.165) is 12.4 Å². The topological polar surface area (TPSA) is 33.1 Å². The first kappa shape index (κ1) is 9.52. The number of aliphatic hydroxyl groups excluding tert-OH is 1. The molecule has 14 heavy (non-hydrogen) atoms. The van der Waals surface area contributed by atoms with E-state index in [-0.39, 0.29) is 11.5 Å². The van der Waals surface area contributed by atoms with Crippen molar-refractivity contribution in [2.24, 2.45) is 0 Å². The number of halogens is 2. The van der Waals surface area contributed by atoms with Gasteiger partial charge in [-0.15, -0.1) is 0 Å². The second-order valence-electron chi connectivity index (χ2n) is 3.68. The largest absolute Gasteiger partial charge is 0.393 e. The Balaban J connectivity index is 2.31. The molecule has 0 spiro atoms. The number of rotatable bonds is 1. The molecule has 0 amide bonds. The van der Waals surface area contributed by atoms with E-state index >= 15 is 0 Å². The van der Waals surface area contributed by atoms with E-state index in [2.05, 4.69) is 4.98 Å². The molecule has 4 heteroatoms. The molecule has 1 aliphatic carbocycles. The molecule has 0 aromatic carbocycles. The van der Waals surface area contributed by atoms with Gasteiger partial charge in [-0.1, -0.05) is 0 Å². The predicted octanol–water partition coefficient (Wildman–Crippen LogP) is 1.99. The lowest BCUT2D eigenvalue weighted by atomic mass is 9.98. The van der Waals surface area contributed by atoms with Gasteiger partial charge < -0.3 is 5.11 Å². The van der Waals surface area contributed by atoms with Crippen molar-refractivity contribution in [1.82, 2.24) is 4.98 Å². The molecule has 1 saturated carbocycles. The fourth-order valence-electron chi connectivity index (χ4n) is 2.03. The molecule has 2 rings (SSSR count). The smallest absolute Gasteiger partial charge is 0.147 e. The summed E-state index contributed by atoms with van der Waals surface area (Å²) in [5, 5.41) is 9.28. The Morgan fingerprint density at radius 1 is 1.21 bits per heavy atom. The second-order valence-corrected chi connectivity index (χ2v) is 3.68. The summed E-state index contributed by atoms with van der Waals surface area (Å²) >= 11 is 0. The van der Waals surface area contributed by atoms with Gasteiger partial charge in [-0.2, -0.15) is 0 Å². The highest BCUT2D eigenvalue weighted by molar-refractivity contribution is 5.21. The van der Waals surface area contributed by atoms with Gasteiger partial charge in [0.2, 0.25) is 0 Å². The molecule has 2 unspecified atom stereocenters. The van der Waals surface area contributed by atoms with Gasteiger partial charge in [-0.25, -0.2) is 8.78 Å². The molecule has 1 N–H and O–H groups in total. The van der Waals surface area contributed by atoms with Crippen LogP contribution in [-0.4, -0.2) is 16.2 Å². The first-order chi connectivity index (χ1) is 6.68. The number of aromatic nitrogens is 1. The molecule has 1 heterocycles. The number of aliphatic hydroxyl groups is 1. The molecule has 0 aliphatic heterocycles. The summed E-state index contributed by atoms with van der Waals surface area (Å²) in [6.07, 6.45) is 3.31. The third-order valence-electron chi connectivity index (χ3n) is 2.70. The summed E-state index contributed by atoms with van der Waals surface area (Å²) in [6.45, 7) is 0. The van der Waals surface area contributed by atoms with Gasteiger partial charge in [0.15, 0.2) is 0 Å². The van der Waals surface area contributed by atoms with Crippen molar-refractivity contribution in [3.8, 4) is 0 Å². The highest BCUT2D eigenvalue weighted by Gasteiger charge is 2.28. The summed E-state index contributed by atoms with van der Waals surface area (Å²) in [5.41, 5.74) is 0.0801. The van der Waals surface area contributed by atoms with Crippen molar-refractivity contribution in [3.63, 3.8) is 0 Å². The maximum absolute atomic E-state index is 13.2. The SMILES string of the molecule is OC1CCC(c2c(F)cncc2F)C1. The summed E-state index contributed by atoms with van der Waals surface area (Å²) in [5.74, 6) is -1.42. The van der Waals surface area contributed by atoms with Crippen LogP contribution in [0.1, 0.15) is 30.7 Å². The van der Waals surface area contributed by atoms with Crippen molar-refractivity contribution in [3.05, 3.63) is 29.6 Å². The molecule has 0 saturated heterocycles. The Bertz CT molecular complexity index is 323. The van der Waals surface area contributed by atoms with Crippen LogP contribution in [0.2, 0.25) is 0 Å². The van der Waals surface area contributed by atoms with E-state index in [4.69, 9.17) is 0 Å². The van der Waals surface area contributed by atoms with Crippen molar-refractivity contribution in [2.45, 2.75) is 31.3 Å². The summed E-state index contributed by atoms with van der Waals surface area (Å²) < 4.78 is 26.5. The average molecular weight is 199 g/mol. The van der Waals surface area contributed by atoms with E-state index in [0.29, 0.717) is 19.3 Å². The molecule has 2 nitrogen and oxygen atoms in total. The Labute approximate surface area is 80.6 Å². The van der Waals surface area contributed by atoms with E-state index in [1.807, 2.05) is 0 Å². The van der Waals surface area contributed by atoms with Crippen LogP contribution in [0.25, 0.3) is 0 Å². The lowest BCUT2D eigenvalue weighted by molar-refractivity contribution is 0.181. The van der Waals surface area contributed by atoms with Crippen LogP contribution in [-0.2, 0) is 0 Å². The van der Waals surface area contributed by atoms with Crippen LogP contribution in [0.5, 0.6) is 0 Å². The van der Waals surface area contributed by atoms with Crippen molar-refractivity contribution < 1.29 is 13.9 Å². The fraction of sp³-hybridized carbons (Fsp3) is 0.500. The van der Waals surface area contributed by atoms with Crippen molar-refractivity contribution in [1.29, 1.82) is 0 Å². The van der Waals surface area contributed by atoms with Crippen molar-refractivity contribution in [2.75, 3.05) is 0 Å². The molecule has 0 radical (unpaired) electrons. The van der Waals surface area contributed by atoms with Gasteiger partial charge in [-0.05, 0) is 25.2 Å². The van der Waals surface area contributed by atoms with E-state index in [1.165, 1.54) is 0 Å². The first-order valence-electron chi connectivity index (χ1n) is 4.65. The molecule has 1 aromatic rings. The minimum absolute atomic E-state index is 0.0801. The van der Waals surface area contributed by atoms with Crippen molar-refractivity contribution >= 4 is 0 Å². The normalized spacial score (nSPS) is 26.8. The zero-order valence-electron chi connectivity index (χ0n) is 7.58. The van der Waals surface area contributed by atoms with E-state index in [9.17, 15) is 13.9 Å². The molecular formula is C10H11F2NO. The van der Waals surface area contributed by atoms with E-state index < -0.39 is 17.7 Å². The highest BCUT2D eigenvalue weighted by atomic mass is 19.1. The molecular weight excluding hydrogens is 188 g/mol. The molecule has 1 aromatic heterocycles. The number of nitrogens with zero attached hydrogens (tertiary/aromatic N) is 1. The Morgan fingerprint density at radius 2 is 1.86 bits per heavy atom. The summed E-state index contributed by atoms with van der Waals surface area (Å²) in [6, 6.07) is 0. The van der Waals surface area contributed by atoms with Crippen LogP contribution in [0.15, 0.2) is 12.4 Å². The Hall–Kier alpha value is -1.03. The lowest BCUT2D eigenvalue weighted by Gasteiger charge is -2.11. The minimum atomic E-state index is -0.607. The van der Waals surface area contributed by atoms with Gasteiger partial charge in [0, 0.05) is 5.56 Å². The van der Waals surface area contributed by atoms with Gasteiger partial charge in [0.1, 0.15) is 11.6 Å². The van der Waals surface area contributed by atoms with Gasteiger partial charge in [0.05, 0.1) is 18.5 Å².